The summed E-state index contributed by atoms with van der Waals surface area (Å²) >= 11 is 1.74. The molecule has 6 heterocycles. The second-order valence-electron chi connectivity index (χ2n) is 13.8. The number of aromatic nitrogens is 5. The Kier molecular flexibility index (Phi) is 4.94. The Morgan fingerprint density at radius 1 is 0.385 bits per heavy atom. The molecule has 0 N–H and O–H groups in total. The summed E-state index contributed by atoms with van der Waals surface area (Å²) in [6, 6.07) is 54.8. The Morgan fingerprint density at radius 2 is 0.885 bits per heavy atom. The third-order valence-electron chi connectivity index (χ3n) is 11.2. The Bertz CT molecular complexity index is 3600. The van der Waals surface area contributed by atoms with Crippen LogP contribution in [0, 0.1) is 0 Å². The van der Waals surface area contributed by atoms with Gasteiger partial charge in [0.05, 0.1) is 44.0 Å². The van der Waals surface area contributed by atoms with Crippen molar-refractivity contribution in [1.82, 2.24) is 23.5 Å². The number of hydrogen-bond donors (Lipinski definition) is 0. The van der Waals surface area contributed by atoms with Crippen molar-refractivity contribution >= 4 is 113 Å². The molecule has 0 aliphatic rings. The Balaban J connectivity index is 1.26. The highest BCUT2D eigenvalue weighted by atomic mass is 32.1. The summed E-state index contributed by atoms with van der Waals surface area (Å²) in [5.41, 5.74) is 8.18. The molecule has 7 aromatic carbocycles. The molecule has 0 unspecified atom stereocenters. The molecule has 0 saturated heterocycles. The van der Waals surface area contributed by atoms with Crippen molar-refractivity contribution in [2.24, 2.45) is 0 Å². The fourth-order valence-electron chi connectivity index (χ4n) is 9.19. The highest BCUT2D eigenvalue weighted by Gasteiger charge is 2.26. The van der Waals surface area contributed by atoms with Crippen molar-refractivity contribution in [3.05, 3.63) is 152 Å². The first kappa shape index (κ1) is 27.0. The lowest BCUT2D eigenvalue weighted by molar-refractivity contribution is 0.977. The molecule has 0 fully saturated rings. The first-order valence-electron chi connectivity index (χ1n) is 17.6. The quantitative estimate of drug-likeness (QED) is 0.182. The highest BCUT2D eigenvalue weighted by molar-refractivity contribution is 7.25. The maximum Gasteiger partial charge on any atom is 0.238 e. The van der Waals surface area contributed by atoms with Crippen LogP contribution in [0.3, 0.4) is 0 Å². The zero-order chi connectivity index (χ0) is 33.7. The predicted molar refractivity (Wildman–Crippen MR) is 218 cm³/mol. The van der Waals surface area contributed by atoms with Crippen molar-refractivity contribution in [2.45, 2.75) is 0 Å². The normalized spacial score (nSPS) is 12.6. The standard InChI is InChI=1S/C46H25N5S/c1-8-20-34-26(13-1)27-14-2-9-21-35(27)50(34)44-42-31-18-6-12-24-39(31)52-45(42)48-46(47-44)51-37-23-11-4-16-29(37)40-38(51)25-32-28-15-3-7-19-33(28)49-36-22-10-5-17-30(36)41(40)43(32)49/h1-25H. The smallest absolute Gasteiger partial charge is 0.238 e. The van der Waals surface area contributed by atoms with Crippen LogP contribution in [0.15, 0.2) is 152 Å². The molecule has 13 aromatic rings. The number of benzene rings is 7. The van der Waals surface area contributed by atoms with Crippen LogP contribution in [-0.2, 0) is 0 Å². The maximum atomic E-state index is 5.67. The summed E-state index contributed by atoms with van der Waals surface area (Å²) in [5, 5.41) is 12.1. The van der Waals surface area contributed by atoms with Crippen LogP contribution in [0.5, 0.6) is 0 Å². The first-order valence-corrected chi connectivity index (χ1v) is 18.4. The number of rotatable bonds is 2. The summed E-state index contributed by atoms with van der Waals surface area (Å²) in [4.78, 5) is 12.1. The van der Waals surface area contributed by atoms with E-state index in [-0.39, 0.29) is 0 Å². The van der Waals surface area contributed by atoms with Crippen LogP contribution in [0.25, 0.3) is 114 Å². The van der Waals surface area contributed by atoms with Gasteiger partial charge in [-0.3, -0.25) is 9.13 Å². The van der Waals surface area contributed by atoms with Gasteiger partial charge < -0.3 is 4.40 Å². The van der Waals surface area contributed by atoms with Gasteiger partial charge in [0.15, 0.2) is 5.82 Å². The second kappa shape index (κ2) is 9.51. The zero-order valence-corrected chi connectivity index (χ0v) is 28.4. The van der Waals surface area contributed by atoms with Gasteiger partial charge in [0.25, 0.3) is 0 Å². The number of fused-ring (bicyclic) bond motifs is 16. The lowest BCUT2D eigenvalue weighted by Crippen LogP contribution is -2.06. The topological polar surface area (TPSA) is 40.1 Å². The highest BCUT2D eigenvalue weighted by Crippen LogP contribution is 2.47. The average Bonchev–Trinajstić information content (AvgIpc) is 3.99. The monoisotopic (exact) mass is 679 g/mol. The van der Waals surface area contributed by atoms with E-state index in [1.807, 2.05) is 0 Å². The van der Waals surface area contributed by atoms with Gasteiger partial charge in [0.2, 0.25) is 5.95 Å². The molecule has 0 aliphatic carbocycles. The third-order valence-corrected chi connectivity index (χ3v) is 12.3. The SMILES string of the molecule is c1ccc2c(c1)sc1nc(-n3c4ccccc4c4c5c6ccccc6n6c7ccccc7c(cc43)c56)nc(-n3c4ccccc4c4ccccc43)c12. The lowest BCUT2D eigenvalue weighted by Gasteiger charge is -2.13. The zero-order valence-electron chi connectivity index (χ0n) is 27.6. The van der Waals surface area contributed by atoms with Crippen molar-refractivity contribution in [3.8, 4) is 11.8 Å². The molecule has 0 aliphatic heterocycles. The van der Waals surface area contributed by atoms with Gasteiger partial charge in [-0.25, -0.2) is 4.98 Å². The summed E-state index contributed by atoms with van der Waals surface area (Å²) in [6.07, 6.45) is 0. The van der Waals surface area contributed by atoms with E-state index < -0.39 is 0 Å². The molecule has 240 valence electrons. The van der Waals surface area contributed by atoms with Gasteiger partial charge in [0, 0.05) is 53.2 Å². The van der Waals surface area contributed by atoms with E-state index in [1.165, 1.54) is 69.7 Å². The van der Waals surface area contributed by atoms with Gasteiger partial charge >= 0.3 is 0 Å². The molecule has 0 bridgehead atoms. The van der Waals surface area contributed by atoms with Crippen LogP contribution in [0.1, 0.15) is 0 Å². The molecule has 5 nitrogen and oxygen atoms in total. The molecule has 13 rings (SSSR count). The van der Waals surface area contributed by atoms with Crippen LogP contribution in [0.2, 0.25) is 0 Å². The Morgan fingerprint density at radius 3 is 1.56 bits per heavy atom. The Hall–Kier alpha value is -6.76. The predicted octanol–water partition coefficient (Wildman–Crippen LogP) is 12.2. The van der Waals surface area contributed by atoms with Crippen LogP contribution >= 0.6 is 11.3 Å². The Labute approximate surface area is 299 Å². The minimum Gasteiger partial charge on any atom is -0.308 e. The van der Waals surface area contributed by atoms with Crippen LogP contribution in [-0.4, -0.2) is 23.5 Å². The number of para-hydroxylation sites is 5. The second-order valence-corrected chi connectivity index (χ2v) is 14.8. The number of thiophene rings is 1. The van der Waals surface area contributed by atoms with E-state index in [9.17, 15) is 0 Å². The van der Waals surface area contributed by atoms with E-state index in [2.05, 4.69) is 165 Å². The van der Waals surface area contributed by atoms with Crippen LogP contribution in [0.4, 0.5) is 0 Å². The fourth-order valence-corrected chi connectivity index (χ4v) is 10.3. The molecule has 0 radical (unpaired) electrons. The van der Waals surface area contributed by atoms with Crippen molar-refractivity contribution in [1.29, 1.82) is 0 Å². The van der Waals surface area contributed by atoms with Crippen molar-refractivity contribution in [3.63, 3.8) is 0 Å². The minimum absolute atomic E-state index is 0.670. The summed E-state index contributed by atoms with van der Waals surface area (Å²) in [7, 11) is 0. The summed E-state index contributed by atoms with van der Waals surface area (Å²) in [6.45, 7) is 0. The van der Waals surface area contributed by atoms with Crippen LogP contribution < -0.4 is 0 Å². The van der Waals surface area contributed by atoms with E-state index in [1.54, 1.807) is 11.3 Å². The summed E-state index contributed by atoms with van der Waals surface area (Å²) < 4.78 is 8.33. The van der Waals surface area contributed by atoms with Gasteiger partial charge in [-0.05, 0) is 42.5 Å². The average molecular weight is 680 g/mol. The first-order chi connectivity index (χ1) is 25.8. The largest absolute Gasteiger partial charge is 0.308 e. The van der Waals surface area contributed by atoms with Crippen molar-refractivity contribution in [2.75, 3.05) is 0 Å². The van der Waals surface area contributed by atoms with Gasteiger partial charge in [0.1, 0.15) is 4.83 Å². The molecule has 0 amide bonds. The van der Waals surface area contributed by atoms with E-state index in [0.29, 0.717) is 5.95 Å². The number of hydrogen-bond acceptors (Lipinski definition) is 3. The minimum atomic E-state index is 0.670. The molecule has 6 aromatic heterocycles. The fraction of sp³-hybridized carbons (Fsp3) is 0. The molecule has 0 saturated carbocycles. The maximum absolute atomic E-state index is 5.67. The molecule has 0 atom stereocenters. The number of nitrogens with zero attached hydrogens (tertiary/aromatic N) is 5. The van der Waals surface area contributed by atoms with Gasteiger partial charge in [-0.2, -0.15) is 4.98 Å². The molecule has 52 heavy (non-hydrogen) atoms. The van der Waals surface area contributed by atoms with E-state index in [0.717, 1.165) is 38.1 Å². The molecule has 6 heteroatoms. The molecular weight excluding hydrogens is 655 g/mol. The molecular formula is C46H25N5S. The summed E-state index contributed by atoms with van der Waals surface area (Å²) in [5.74, 6) is 1.57. The lowest BCUT2D eigenvalue weighted by atomic mass is 10.0. The van der Waals surface area contributed by atoms with Gasteiger partial charge in [-0.1, -0.05) is 109 Å². The van der Waals surface area contributed by atoms with E-state index in [4.69, 9.17) is 9.97 Å². The van der Waals surface area contributed by atoms with Gasteiger partial charge in [-0.15, -0.1) is 11.3 Å². The third kappa shape index (κ3) is 3.20. The molecule has 0 spiro atoms. The van der Waals surface area contributed by atoms with E-state index >= 15 is 0 Å². The van der Waals surface area contributed by atoms with Crippen molar-refractivity contribution < 1.29 is 0 Å².